The van der Waals surface area contributed by atoms with Crippen LogP contribution in [0.3, 0.4) is 0 Å². The van der Waals surface area contributed by atoms with E-state index in [1.165, 1.54) is 26.2 Å². The van der Waals surface area contributed by atoms with E-state index in [-0.39, 0.29) is 30.2 Å². The molecule has 2 saturated heterocycles. The maximum absolute atomic E-state index is 13.5. The van der Waals surface area contributed by atoms with Crippen molar-refractivity contribution in [3.8, 4) is 17.4 Å². The summed E-state index contributed by atoms with van der Waals surface area (Å²) in [5.74, 6) is 0.742. The van der Waals surface area contributed by atoms with Gasteiger partial charge in [-0.25, -0.2) is 9.78 Å². The molecule has 186 valence electrons. The van der Waals surface area contributed by atoms with E-state index >= 15 is 0 Å². The van der Waals surface area contributed by atoms with E-state index in [1.54, 1.807) is 48.4 Å². The first kappa shape index (κ1) is 24.3. The van der Waals surface area contributed by atoms with Crippen molar-refractivity contribution in [2.75, 3.05) is 34.4 Å². The van der Waals surface area contributed by atoms with Crippen LogP contribution in [0, 0.1) is 5.92 Å². The lowest BCUT2D eigenvalue weighted by Gasteiger charge is -2.39. The number of methoxy groups -OCH3 is 3. The topological polar surface area (TPSA) is 110 Å². The molecular formula is C25H30N4O6. The highest BCUT2D eigenvalue weighted by molar-refractivity contribution is 6.07. The van der Waals surface area contributed by atoms with Crippen molar-refractivity contribution >= 4 is 17.8 Å². The molecule has 3 heterocycles. The van der Waals surface area contributed by atoms with Crippen LogP contribution < -0.4 is 19.5 Å². The number of benzene rings is 1. The number of likely N-dealkylation sites (tertiary alicyclic amines) is 1. The molecule has 0 spiro atoms. The van der Waals surface area contributed by atoms with Crippen molar-refractivity contribution in [3.63, 3.8) is 0 Å². The first-order valence-corrected chi connectivity index (χ1v) is 11.5. The Hall–Kier alpha value is -3.82. The molecule has 10 heteroatoms. The molecule has 2 fully saturated rings. The second kappa shape index (κ2) is 9.81. The number of para-hydroxylation sites is 1. The summed E-state index contributed by atoms with van der Waals surface area (Å²) in [5.41, 5.74) is 0.0263. The fraction of sp³-hybridized carbons (Fsp3) is 0.440. The number of amides is 4. The van der Waals surface area contributed by atoms with Crippen LogP contribution in [0.5, 0.6) is 17.4 Å². The molecule has 1 N–H and O–H groups in total. The maximum Gasteiger partial charge on any atom is 0.325 e. The van der Waals surface area contributed by atoms with Crippen molar-refractivity contribution in [2.24, 2.45) is 5.92 Å². The standard InChI is InChI=1S/C25H30N4O6/c1-25(17-10-13-28(14-11-17)22(30)18-8-6-12-26-21(18)35-4)23(31)29(24(32)27-25)15-16-7-5-9-19(33-2)20(16)34-3/h5-9,12,17H,10-11,13-15H2,1-4H3,(H,27,32)/t25-/m1/s1. The fourth-order valence-corrected chi connectivity index (χ4v) is 4.93. The lowest BCUT2D eigenvalue weighted by Crippen LogP contribution is -2.54. The first-order valence-electron chi connectivity index (χ1n) is 11.5. The Labute approximate surface area is 204 Å². The van der Waals surface area contributed by atoms with Gasteiger partial charge in [-0.1, -0.05) is 12.1 Å². The third kappa shape index (κ3) is 4.36. The van der Waals surface area contributed by atoms with E-state index in [4.69, 9.17) is 14.2 Å². The van der Waals surface area contributed by atoms with Gasteiger partial charge in [0.25, 0.3) is 11.8 Å². The zero-order valence-electron chi connectivity index (χ0n) is 20.4. The quantitative estimate of drug-likeness (QED) is 0.604. The summed E-state index contributed by atoms with van der Waals surface area (Å²) in [6.07, 6.45) is 2.73. The van der Waals surface area contributed by atoms with Crippen LogP contribution in [0.4, 0.5) is 4.79 Å². The summed E-state index contributed by atoms with van der Waals surface area (Å²) in [6, 6.07) is 8.29. The maximum atomic E-state index is 13.5. The van der Waals surface area contributed by atoms with Crippen molar-refractivity contribution in [2.45, 2.75) is 31.8 Å². The fourth-order valence-electron chi connectivity index (χ4n) is 4.93. The van der Waals surface area contributed by atoms with E-state index in [0.717, 1.165) is 0 Å². The van der Waals surface area contributed by atoms with Gasteiger partial charge in [0.15, 0.2) is 11.5 Å². The summed E-state index contributed by atoms with van der Waals surface area (Å²) in [5, 5.41) is 2.91. The highest BCUT2D eigenvalue weighted by Gasteiger charge is 2.53. The van der Waals surface area contributed by atoms with Crippen LogP contribution in [-0.4, -0.2) is 72.6 Å². The van der Waals surface area contributed by atoms with E-state index in [9.17, 15) is 14.4 Å². The van der Waals surface area contributed by atoms with Crippen molar-refractivity contribution in [1.29, 1.82) is 0 Å². The molecule has 2 aliphatic heterocycles. The van der Waals surface area contributed by atoms with Crippen LogP contribution >= 0.6 is 0 Å². The Balaban J connectivity index is 1.46. The molecule has 1 aromatic heterocycles. The normalized spacial score (nSPS) is 20.6. The highest BCUT2D eigenvalue weighted by atomic mass is 16.5. The second-order valence-electron chi connectivity index (χ2n) is 8.80. The van der Waals surface area contributed by atoms with Gasteiger partial charge in [-0.2, -0.15) is 0 Å². The molecule has 0 aliphatic carbocycles. The number of imide groups is 1. The summed E-state index contributed by atoms with van der Waals surface area (Å²) in [4.78, 5) is 46.4. The number of hydrogen-bond acceptors (Lipinski definition) is 7. The number of nitrogens with zero attached hydrogens (tertiary/aromatic N) is 3. The van der Waals surface area contributed by atoms with Crippen molar-refractivity contribution in [1.82, 2.24) is 20.1 Å². The first-order chi connectivity index (χ1) is 16.8. The molecule has 4 rings (SSSR count). The van der Waals surface area contributed by atoms with Gasteiger partial charge in [-0.15, -0.1) is 0 Å². The van der Waals surface area contributed by atoms with E-state index in [0.29, 0.717) is 48.6 Å². The number of rotatable bonds is 7. The third-order valence-corrected chi connectivity index (χ3v) is 6.91. The molecule has 2 aliphatic rings. The Morgan fingerprint density at radius 1 is 1.09 bits per heavy atom. The van der Waals surface area contributed by atoms with Gasteiger partial charge < -0.3 is 24.4 Å². The highest BCUT2D eigenvalue weighted by Crippen LogP contribution is 2.37. The number of piperidine rings is 1. The molecular weight excluding hydrogens is 452 g/mol. The van der Waals surface area contributed by atoms with Crippen molar-refractivity contribution < 1.29 is 28.6 Å². The monoisotopic (exact) mass is 482 g/mol. The molecule has 2 aromatic rings. The molecule has 35 heavy (non-hydrogen) atoms. The molecule has 0 bridgehead atoms. The summed E-state index contributed by atoms with van der Waals surface area (Å²) in [6.45, 7) is 2.76. The summed E-state index contributed by atoms with van der Waals surface area (Å²) < 4.78 is 16.0. The van der Waals surface area contributed by atoms with E-state index < -0.39 is 11.6 Å². The number of urea groups is 1. The van der Waals surface area contributed by atoms with Gasteiger partial charge >= 0.3 is 6.03 Å². The number of nitrogens with one attached hydrogen (secondary N) is 1. The van der Waals surface area contributed by atoms with Crippen LogP contribution in [0.25, 0.3) is 0 Å². The molecule has 4 amide bonds. The molecule has 10 nitrogen and oxygen atoms in total. The van der Waals surface area contributed by atoms with Gasteiger partial charge in [0, 0.05) is 24.8 Å². The van der Waals surface area contributed by atoms with Gasteiger partial charge in [-0.05, 0) is 43.9 Å². The number of carbonyl (C=O) groups is 3. The smallest absolute Gasteiger partial charge is 0.325 e. The average molecular weight is 483 g/mol. The molecule has 1 atom stereocenters. The minimum absolute atomic E-state index is 0.0682. The Morgan fingerprint density at radius 2 is 1.83 bits per heavy atom. The summed E-state index contributed by atoms with van der Waals surface area (Å²) in [7, 11) is 4.54. The number of carbonyl (C=O) groups excluding carboxylic acids is 3. The SMILES string of the molecule is COc1cccc(CN2C(=O)N[C@](C)(C3CCN(C(=O)c4cccnc4OC)CC3)C2=O)c1OC. The summed E-state index contributed by atoms with van der Waals surface area (Å²) >= 11 is 0. The zero-order chi connectivity index (χ0) is 25.2. The Kier molecular flexibility index (Phi) is 6.81. The number of pyridine rings is 1. The largest absolute Gasteiger partial charge is 0.493 e. The lowest BCUT2D eigenvalue weighted by atomic mass is 9.78. The molecule has 0 saturated carbocycles. The lowest BCUT2D eigenvalue weighted by molar-refractivity contribution is -0.133. The number of ether oxygens (including phenoxy) is 3. The number of hydrogen-bond donors (Lipinski definition) is 1. The Bertz CT molecular complexity index is 1130. The van der Waals surface area contributed by atoms with Gasteiger partial charge in [0.05, 0.1) is 27.9 Å². The molecule has 0 unspecified atom stereocenters. The predicted molar refractivity (Wildman–Crippen MR) is 126 cm³/mol. The van der Waals surface area contributed by atoms with Crippen LogP contribution in [0.1, 0.15) is 35.7 Å². The van der Waals surface area contributed by atoms with Crippen LogP contribution in [0.15, 0.2) is 36.5 Å². The zero-order valence-corrected chi connectivity index (χ0v) is 20.4. The van der Waals surface area contributed by atoms with Gasteiger partial charge in [0.2, 0.25) is 5.88 Å². The second-order valence-corrected chi connectivity index (χ2v) is 8.80. The molecule has 0 radical (unpaired) electrons. The van der Waals surface area contributed by atoms with Gasteiger partial charge in [0.1, 0.15) is 11.1 Å². The van der Waals surface area contributed by atoms with Gasteiger partial charge in [-0.3, -0.25) is 14.5 Å². The number of aromatic nitrogens is 1. The van der Waals surface area contributed by atoms with Crippen LogP contribution in [0.2, 0.25) is 0 Å². The third-order valence-electron chi connectivity index (χ3n) is 6.91. The van der Waals surface area contributed by atoms with E-state index in [2.05, 4.69) is 10.3 Å². The minimum atomic E-state index is -1.05. The average Bonchev–Trinajstić information content (AvgIpc) is 3.11. The minimum Gasteiger partial charge on any atom is -0.493 e. The Morgan fingerprint density at radius 3 is 2.49 bits per heavy atom. The predicted octanol–water partition coefficient (Wildman–Crippen LogP) is 2.47. The van der Waals surface area contributed by atoms with E-state index in [1.807, 2.05) is 0 Å². The molecule has 1 aromatic carbocycles. The van der Waals surface area contributed by atoms with Crippen LogP contribution in [-0.2, 0) is 11.3 Å². The van der Waals surface area contributed by atoms with Crippen molar-refractivity contribution in [3.05, 3.63) is 47.7 Å².